The van der Waals surface area contributed by atoms with Crippen LogP contribution < -0.4 is 4.74 Å². The minimum atomic E-state index is 0.291. The number of Topliss-reactive ketones (excluding diaryl/α,β-unsaturated/α-hetero) is 1. The first-order valence-electron chi connectivity index (χ1n) is 6.08. The summed E-state index contributed by atoms with van der Waals surface area (Å²) in [6, 6.07) is 5.85. The summed E-state index contributed by atoms with van der Waals surface area (Å²) in [7, 11) is 3.80. The molecule has 1 aromatic rings. The molecule has 0 amide bonds. The van der Waals surface area contributed by atoms with Gasteiger partial charge in [0.05, 0.1) is 7.11 Å². The van der Waals surface area contributed by atoms with E-state index in [1.165, 1.54) is 5.56 Å². The molecular formula is C14H17NO2. The lowest BCUT2D eigenvalue weighted by Gasteiger charge is -2.26. The zero-order valence-electron chi connectivity index (χ0n) is 10.3. The third kappa shape index (κ3) is 1.65. The van der Waals surface area contributed by atoms with Crippen LogP contribution in [0.2, 0.25) is 0 Å². The molecule has 1 aliphatic carbocycles. The Morgan fingerprint density at radius 2 is 2.18 bits per heavy atom. The van der Waals surface area contributed by atoms with Gasteiger partial charge in [-0.25, -0.2) is 0 Å². The average Bonchev–Trinajstić information content (AvgIpc) is 2.69. The SMILES string of the molecule is COc1ccc2c(c1)C1CN(C)CC1CC2=O. The van der Waals surface area contributed by atoms with Crippen molar-refractivity contribution in [2.45, 2.75) is 12.3 Å². The Kier molecular flexibility index (Phi) is 2.44. The van der Waals surface area contributed by atoms with Gasteiger partial charge in [0.15, 0.2) is 5.78 Å². The average molecular weight is 231 g/mol. The van der Waals surface area contributed by atoms with Gasteiger partial charge in [-0.05, 0) is 36.7 Å². The predicted molar refractivity (Wildman–Crippen MR) is 65.7 cm³/mol. The first-order chi connectivity index (χ1) is 8.19. The molecule has 2 unspecified atom stereocenters. The maximum absolute atomic E-state index is 12.1. The molecule has 0 N–H and O–H groups in total. The van der Waals surface area contributed by atoms with Gasteiger partial charge in [0, 0.05) is 31.0 Å². The lowest BCUT2D eigenvalue weighted by Crippen LogP contribution is -2.23. The Morgan fingerprint density at radius 1 is 1.35 bits per heavy atom. The minimum Gasteiger partial charge on any atom is -0.497 e. The second-order valence-corrected chi connectivity index (χ2v) is 5.17. The van der Waals surface area contributed by atoms with E-state index >= 15 is 0 Å². The van der Waals surface area contributed by atoms with Gasteiger partial charge >= 0.3 is 0 Å². The Morgan fingerprint density at radius 3 is 2.94 bits per heavy atom. The zero-order chi connectivity index (χ0) is 12.0. The Hall–Kier alpha value is -1.35. The van der Waals surface area contributed by atoms with E-state index in [-0.39, 0.29) is 0 Å². The molecule has 3 rings (SSSR count). The highest BCUT2D eigenvalue weighted by atomic mass is 16.5. The maximum atomic E-state index is 12.1. The normalized spacial score (nSPS) is 27.8. The maximum Gasteiger partial charge on any atom is 0.163 e. The van der Waals surface area contributed by atoms with Gasteiger partial charge in [0.2, 0.25) is 0 Å². The van der Waals surface area contributed by atoms with Gasteiger partial charge in [-0.3, -0.25) is 4.79 Å². The summed E-state index contributed by atoms with van der Waals surface area (Å²) >= 11 is 0. The van der Waals surface area contributed by atoms with Crippen molar-refractivity contribution in [3.8, 4) is 5.75 Å². The van der Waals surface area contributed by atoms with E-state index in [2.05, 4.69) is 11.9 Å². The molecule has 3 nitrogen and oxygen atoms in total. The lowest BCUT2D eigenvalue weighted by atomic mass is 9.76. The van der Waals surface area contributed by atoms with Gasteiger partial charge in [-0.2, -0.15) is 0 Å². The fourth-order valence-electron chi connectivity index (χ4n) is 3.22. The van der Waals surface area contributed by atoms with Crippen molar-refractivity contribution in [2.75, 3.05) is 27.2 Å². The zero-order valence-corrected chi connectivity index (χ0v) is 10.3. The van der Waals surface area contributed by atoms with Crippen LogP contribution in [-0.4, -0.2) is 37.9 Å². The molecule has 1 aromatic carbocycles. The van der Waals surface area contributed by atoms with Crippen molar-refractivity contribution in [3.63, 3.8) is 0 Å². The van der Waals surface area contributed by atoms with Gasteiger partial charge in [0.25, 0.3) is 0 Å². The number of benzene rings is 1. The highest BCUT2D eigenvalue weighted by Gasteiger charge is 2.39. The third-order valence-electron chi connectivity index (χ3n) is 4.03. The molecule has 17 heavy (non-hydrogen) atoms. The molecule has 3 heteroatoms. The molecule has 0 bridgehead atoms. The number of fused-ring (bicyclic) bond motifs is 3. The van der Waals surface area contributed by atoms with Crippen molar-refractivity contribution in [1.82, 2.24) is 4.90 Å². The van der Waals surface area contributed by atoms with Crippen LogP contribution in [0.15, 0.2) is 18.2 Å². The standard InChI is InChI=1S/C14H17NO2/c1-15-7-9-5-14(16)11-4-3-10(17-2)6-12(11)13(9)8-15/h3-4,6,9,13H,5,7-8H2,1-2H3. The number of methoxy groups -OCH3 is 1. The first-order valence-corrected chi connectivity index (χ1v) is 6.08. The number of nitrogens with zero attached hydrogens (tertiary/aromatic N) is 1. The van der Waals surface area contributed by atoms with Gasteiger partial charge in [-0.15, -0.1) is 0 Å². The van der Waals surface area contributed by atoms with Crippen LogP contribution in [0.4, 0.5) is 0 Å². The number of hydrogen-bond acceptors (Lipinski definition) is 3. The molecular weight excluding hydrogens is 214 g/mol. The molecule has 90 valence electrons. The number of rotatable bonds is 1. The van der Waals surface area contributed by atoms with Crippen molar-refractivity contribution in [1.29, 1.82) is 0 Å². The smallest absolute Gasteiger partial charge is 0.163 e. The molecule has 2 aliphatic rings. The quantitative estimate of drug-likeness (QED) is 0.739. The Bertz CT molecular complexity index is 469. The number of carbonyl (C=O) groups is 1. The monoisotopic (exact) mass is 231 g/mol. The predicted octanol–water partition coefficient (Wildman–Crippen LogP) is 1.93. The summed E-state index contributed by atoms with van der Waals surface area (Å²) in [6.45, 7) is 2.09. The number of likely N-dealkylation sites (N-methyl/N-ethyl adjacent to an activating group) is 1. The molecule has 0 radical (unpaired) electrons. The number of carbonyl (C=O) groups excluding carboxylic acids is 1. The number of ketones is 1. The van der Waals surface area contributed by atoms with Crippen LogP contribution in [0, 0.1) is 5.92 Å². The first kappa shape index (κ1) is 10.8. The summed E-state index contributed by atoms with van der Waals surface area (Å²) in [6.07, 6.45) is 0.703. The van der Waals surface area contributed by atoms with E-state index in [1.807, 2.05) is 18.2 Å². The second kappa shape index (κ2) is 3.84. The van der Waals surface area contributed by atoms with E-state index in [0.29, 0.717) is 24.0 Å². The summed E-state index contributed by atoms with van der Waals surface area (Å²) in [4.78, 5) is 14.4. The topological polar surface area (TPSA) is 29.5 Å². The summed E-state index contributed by atoms with van der Waals surface area (Å²) in [5.74, 6) is 2.14. The molecule has 1 saturated heterocycles. The number of hydrogen-bond donors (Lipinski definition) is 0. The van der Waals surface area contributed by atoms with Crippen molar-refractivity contribution in [3.05, 3.63) is 29.3 Å². The van der Waals surface area contributed by atoms with Crippen molar-refractivity contribution >= 4 is 5.78 Å². The molecule has 1 fully saturated rings. The van der Waals surface area contributed by atoms with Crippen LogP contribution in [0.5, 0.6) is 5.75 Å². The fraction of sp³-hybridized carbons (Fsp3) is 0.500. The van der Waals surface area contributed by atoms with Gasteiger partial charge < -0.3 is 9.64 Å². The second-order valence-electron chi connectivity index (χ2n) is 5.17. The summed E-state index contributed by atoms with van der Waals surface area (Å²) in [5.41, 5.74) is 2.09. The van der Waals surface area contributed by atoms with Crippen molar-refractivity contribution in [2.24, 2.45) is 5.92 Å². The van der Waals surface area contributed by atoms with Crippen LogP contribution in [0.3, 0.4) is 0 Å². The minimum absolute atomic E-state index is 0.291. The number of likely N-dealkylation sites (tertiary alicyclic amines) is 1. The van der Waals surface area contributed by atoms with E-state index in [9.17, 15) is 4.79 Å². The van der Waals surface area contributed by atoms with E-state index in [4.69, 9.17) is 4.74 Å². The van der Waals surface area contributed by atoms with Crippen LogP contribution in [-0.2, 0) is 0 Å². The van der Waals surface area contributed by atoms with Crippen LogP contribution >= 0.6 is 0 Å². The fourth-order valence-corrected chi connectivity index (χ4v) is 3.22. The van der Waals surface area contributed by atoms with Gasteiger partial charge in [-0.1, -0.05) is 0 Å². The lowest BCUT2D eigenvalue weighted by molar-refractivity contribution is 0.0946. The van der Waals surface area contributed by atoms with E-state index < -0.39 is 0 Å². The molecule has 0 spiro atoms. The Labute approximate surface area is 101 Å². The largest absolute Gasteiger partial charge is 0.497 e. The highest BCUT2D eigenvalue weighted by molar-refractivity contribution is 5.99. The van der Waals surface area contributed by atoms with E-state index in [1.54, 1.807) is 7.11 Å². The van der Waals surface area contributed by atoms with Crippen LogP contribution in [0.25, 0.3) is 0 Å². The van der Waals surface area contributed by atoms with Crippen molar-refractivity contribution < 1.29 is 9.53 Å². The molecule has 0 aromatic heterocycles. The molecule has 2 atom stereocenters. The molecule has 1 heterocycles. The molecule has 1 aliphatic heterocycles. The van der Waals surface area contributed by atoms with Gasteiger partial charge in [0.1, 0.15) is 5.75 Å². The summed E-state index contributed by atoms with van der Waals surface area (Å²) < 4.78 is 5.27. The highest BCUT2D eigenvalue weighted by Crippen LogP contribution is 2.41. The summed E-state index contributed by atoms with van der Waals surface area (Å²) in [5, 5.41) is 0. The van der Waals surface area contributed by atoms with Crippen LogP contribution in [0.1, 0.15) is 28.3 Å². The Balaban J connectivity index is 2.07. The number of ether oxygens (including phenoxy) is 1. The van der Waals surface area contributed by atoms with E-state index in [0.717, 1.165) is 24.4 Å². The molecule has 0 saturated carbocycles. The third-order valence-corrected chi connectivity index (χ3v) is 4.03.